The van der Waals surface area contributed by atoms with Crippen LogP contribution in [0, 0.1) is 5.92 Å². The molecule has 0 heterocycles. The molecular formula is C16H23ClN2O. The predicted octanol–water partition coefficient (Wildman–Crippen LogP) is 4.01. The highest BCUT2D eigenvalue weighted by Crippen LogP contribution is 2.26. The van der Waals surface area contributed by atoms with E-state index in [9.17, 15) is 4.79 Å². The lowest BCUT2D eigenvalue weighted by Crippen LogP contribution is -2.38. The number of halogens is 1. The van der Waals surface area contributed by atoms with Crippen LogP contribution in [0.5, 0.6) is 0 Å². The van der Waals surface area contributed by atoms with E-state index in [4.69, 9.17) is 17.3 Å². The van der Waals surface area contributed by atoms with E-state index >= 15 is 0 Å². The van der Waals surface area contributed by atoms with Gasteiger partial charge in [-0.3, -0.25) is 4.79 Å². The van der Waals surface area contributed by atoms with Crippen LogP contribution < -0.4 is 11.1 Å². The van der Waals surface area contributed by atoms with Crippen molar-refractivity contribution in [1.29, 1.82) is 0 Å². The van der Waals surface area contributed by atoms with Crippen LogP contribution in [0.1, 0.15) is 55.8 Å². The highest BCUT2D eigenvalue weighted by atomic mass is 35.5. The molecule has 2 rings (SSSR count). The Morgan fingerprint density at radius 3 is 2.55 bits per heavy atom. The molecule has 1 fully saturated rings. The highest BCUT2D eigenvalue weighted by Gasteiger charge is 2.21. The summed E-state index contributed by atoms with van der Waals surface area (Å²) in [5, 5.41) is 3.64. The molecule has 20 heavy (non-hydrogen) atoms. The van der Waals surface area contributed by atoms with Gasteiger partial charge in [0.15, 0.2) is 0 Å². The summed E-state index contributed by atoms with van der Waals surface area (Å²) in [6.07, 6.45) is 7.60. The van der Waals surface area contributed by atoms with Gasteiger partial charge in [0.25, 0.3) is 5.91 Å². The number of carbonyl (C=O) groups excluding carboxylic acids is 1. The van der Waals surface area contributed by atoms with Crippen molar-refractivity contribution in [2.75, 3.05) is 5.73 Å². The molecule has 0 aromatic heterocycles. The van der Waals surface area contributed by atoms with Crippen LogP contribution in [-0.2, 0) is 0 Å². The summed E-state index contributed by atoms with van der Waals surface area (Å²) in [7, 11) is 0. The molecule has 0 bridgehead atoms. The quantitative estimate of drug-likeness (QED) is 0.654. The molecule has 0 unspecified atom stereocenters. The van der Waals surface area contributed by atoms with Crippen LogP contribution in [0.2, 0.25) is 5.02 Å². The summed E-state index contributed by atoms with van der Waals surface area (Å²) in [6.45, 7) is 2.10. The van der Waals surface area contributed by atoms with E-state index in [-0.39, 0.29) is 11.9 Å². The fraction of sp³-hybridized carbons (Fsp3) is 0.562. The fourth-order valence-corrected chi connectivity index (χ4v) is 3.13. The van der Waals surface area contributed by atoms with E-state index in [1.54, 1.807) is 18.2 Å². The Balaban J connectivity index is 1.99. The molecule has 0 radical (unpaired) electrons. The lowest BCUT2D eigenvalue weighted by atomic mass is 9.93. The van der Waals surface area contributed by atoms with Gasteiger partial charge in [-0.2, -0.15) is 0 Å². The van der Waals surface area contributed by atoms with Crippen molar-refractivity contribution in [2.45, 2.75) is 51.5 Å². The third kappa shape index (κ3) is 3.89. The van der Waals surface area contributed by atoms with Gasteiger partial charge in [-0.1, -0.05) is 37.3 Å². The molecule has 0 spiro atoms. The van der Waals surface area contributed by atoms with Crippen LogP contribution in [0.25, 0.3) is 0 Å². The number of hydrogen-bond donors (Lipinski definition) is 2. The predicted molar refractivity (Wildman–Crippen MR) is 84.0 cm³/mol. The zero-order valence-corrected chi connectivity index (χ0v) is 12.7. The number of nitrogens with one attached hydrogen (secondary N) is 1. The first-order chi connectivity index (χ1) is 9.58. The monoisotopic (exact) mass is 294 g/mol. The Bertz CT molecular complexity index is 468. The van der Waals surface area contributed by atoms with Gasteiger partial charge >= 0.3 is 0 Å². The van der Waals surface area contributed by atoms with Gasteiger partial charge in [0.2, 0.25) is 0 Å². The fourth-order valence-electron chi connectivity index (χ4n) is 2.95. The van der Waals surface area contributed by atoms with Gasteiger partial charge < -0.3 is 11.1 Å². The first-order valence-corrected chi connectivity index (χ1v) is 7.81. The maximum atomic E-state index is 12.3. The van der Waals surface area contributed by atoms with E-state index in [0.29, 0.717) is 22.2 Å². The molecule has 4 heteroatoms. The molecule has 0 saturated heterocycles. The Hall–Kier alpha value is -1.22. The van der Waals surface area contributed by atoms with Gasteiger partial charge in [-0.25, -0.2) is 0 Å². The molecule has 1 aromatic rings. The number of anilines is 1. The van der Waals surface area contributed by atoms with E-state index in [2.05, 4.69) is 12.2 Å². The Morgan fingerprint density at radius 2 is 1.95 bits per heavy atom. The number of amides is 1. The van der Waals surface area contributed by atoms with Crippen molar-refractivity contribution < 1.29 is 4.79 Å². The number of rotatable bonds is 3. The van der Waals surface area contributed by atoms with Crippen molar-refractivity contribution >= 4 is 23.2 Å². The third-order valence-electron chi connectivity index (χ3n) is 4.22. The minimum absolute atomic E-state index is 0.101. The molecule has 0 aliphatic heterocycles. The summed E-state index contributed by atoms with van der Waals surface area (Å²) in [5.41, 5.74) is 6.80. The normalized spacial score (nSPS) is 18.3. The largest absolute Gasteiger partial charge is 0.398 e. The standard InChI is InChI=1S/C16H23ClN2O/c1-11(12-6-4-2-3-5-7-12)19-16(20)14-9-8-13(17)10-15(14)18/h8-12H,2-7,18H2,1H3,(H,19,20)/t11-/m0/s1. The zero-order valence-electron chi connectivity index (χ0n) is 12.0. The third-order valence-corrected chi connectivity index (χ3v) is 4.46. The van der Waals surface area contributed by atoms with Gasteiger partial charge in [-0.05, 0) is 43.9 Å². The van der Waals surface area contributed by atoms with Crippen molar-refractivity contribution in [2.24, 2.45) is 5.92 Å². The summed E-state index contributed by atoms with van der Waals surface area (Å²) in [5.74, 6) is 0.478. The van der Waals surface area contributed by atoms with E-state index in [1.165, 1.54) is 38.5 Å². The molecular weight excluding hydrogens is 272 g/mol. The number of benzene rings is 1. The average Bonchev–Trinajstić information content (AvgIpc) is 2.67. The van der Waals surface area contributed by atoms with E-state index in [1.807, 2.05) is 0 Å². The van der Waals surface area contributed by atoms with Gasteiger partial charge in [-0.15, -0.1) is 0 Å². The second-order valence-corrected chi connectivity index (χ2v) is 6.18. The van der Waals surface area contributed by atoms with Gasteiger partial charge in [0.1, 0.15) is 0 Å². The summed E-state index contributed by atoms with van der Waals surface area (Å²) >= 11 is 5.86. The molecule has 1 aliphatic carbocycles. The number of hydrogen-bond acceptors (Lipinski definition) is 2. The van der Waals surface area contributed by atoms with Crippen LogP contribution in [0.3, 0.4) is 0 Å². The molecule has 1 amide bonds. The molecule has 3 nitrogen and oxygen atoms in total. The van der Waals surface area contributed by atoms with E-state index in [0.717, 1.165) is 0 Å². The first kappa shape index (κ1) is 15.2. The van der Waals surface area contributed by atoms with Crippen molar-refractivity contribution in [1.82, 2.24) is 5.32 Å². The Labute approximate surface area is 125 Å². The molecule has 1 atom stereocenters. The Kier molecular flexibility index (Phi) is 5.30. The minimum atomic E-state index is -0.101. The maximum Gasteiger partial charge on any atom is 0.253 e. The average molecular weight is 295 g/mol. The van der Waals surface area contributed by atoms with Crippen LogP contribution >= 0.6 is 11.6 Å². The SMILES string of the molecule is C[C@H](NC(=O)c1ccc(Cl)cc1N)C1CCCCCC1. The summed E-state index contributed by atoms with van der Waals surface area (Å²) in [4.78, 5) is 12.3. The van der Waals surface area contributed by atoms with Crippen molar-refractivity contribution in [3.63, 3.8) is 0 Å². The van der Waals surface area contributed by atoms with E-state index < -0.39 is 0 Å². The second kappa shape index (κ2) is 6.98. The second-order valence-electron chi connectivity index (χ2n) is 5.75. The molecule has 110 valence electrons. The summed E-state index contributed by atoms with van der Waals surface area (Å²) in [6, 6.07) is 5.19. The highest BCUT2D eigenvalue weighted by molar-refractivity contribution is 6.31. The smallest absolute Gasteiger partial charge is 0.253 e. The molecule has 1 aromatic carbocycles. The van der Waals surface area contributed by atoms with Gasteiger partial charge in [0, 0.05) is 16.8 Å². The molecule has 3 N–H and O–H groups in total. The van der Waals surface area contributed by atoms with Crippen LogP contribution in [0.15, 0.2) is 18.2 Å². The van der Waals surface area contributed by atoms with Crippen LogP contribution in [-0.4, -0.2) is 11.9 Å². The van der Waals surface area contributed by atoms with Gasteiger partial charge in [0.05, 0.1) is 5.56 Å². The summed E-state index contributed by atoms with van der Waals surface area (Å²) < 4.78 is 0. The topological polar surface area (TPSA) is 55.1 Å². The minimum Gasteiger partial charge on any atom is -0.398 e. The lowest BCUT2D eigenvalue weighted by Gasteiger charge is -2.23. The number of nitrogens with two attached hydrogens (primary N) is 1. The molecule has 1 aliphatic rings. The first-order valence-electron chi connectivity index (χ1n) is 7.44. The van der Waals surface area contributed by atoms with Crippen molar-refractivity contribution in [3.8, 4) is 0 Å². The Morgan fingerprint density at radius 1 is 1.30 bits per heavy atom. The van der Waals surface area contributed by atoms with Crippen molar-refractivity contribution in [3.05, 3.63) is 28.8 Å². The van der Waals surface area contributed by atoms with Crippen LogP contribution in [0.4, 0.5) is 5.69 Å². The zero-order chi connectivity index (χ0) is 14.5. The number of carbonyl (C=O) groups is 1. The maximum absolute atomic E-state index is 12.3. The lowest BCUT2D eigenvalue weighted by molar-refractivity contribution is 0.0925. The molecule has 1 saturated carbocycles. The number of nitrogen functional groups attached to an aromatic ring is 1.